The minimum Gasteiger partial charge on any atom is -0.311 e. The van der Waals surface area contributed by atoms with Gasteiger partial charge in [0, 0.05) is 12.1 Å². The van der Waals surface area contributed by atoms with Gasteiger partial charge in [0.25, 0.3) is 0 Å². The normalized spacial score (nSPS) is 32.7. The Morgan fingerprint density at radius 1 is 0.889 bits per heavy atom. The van der Waals surface area contributed by atoms with E-state index in [1.165, 1.54) is 51.4 Å². The molecule has 1 atom stereocenters. The fourth-order valence-electron chi connectivity index (χ4n) is 4.09. The maximum absolute atomic E-state index is 3.93. The summed E-state index contributed by atoms with van der Waals surface area (Å²) in [6.07, 6.45) is 11.5. The van der Waals surface area contributed by atoms with E-state index in [1.807, 2.05) is 0 Å². The lowest BCUT2D eigenvalue weighted by molar-refractivity contribution is 0.152. The molecule has 0 aliphatic heterocycles. The Hall–Kier alpha value is -0.0400. The van der Waals surface area contributed by atoms with E-state index < -0.39 is 0 Å². The summed E-state index contributed by atoms with van der Waals surface area (Å²) in [7, 11) is 0. The minimum absolute atomic E-state index is 0.516. The Balaban J connectivity index is 1.73. The van der Waals surface area contributed by atoms with E-state index in [1.54, 1.807) is 0 Å². The maximum atomic E-state index is 3.93. The van der Waals surface area contributed by atoms with Gasteiger partial charge < -0.3 is 5.32 Å². The van der Waals surface area contributed by atoms with Crippen LogP contribution in [0, 0.1) is 17.3 Å². The third kappa shape index (κ3) is 3.73. The molecule has 2 rings (SSSR count). The van der Waals surface area contributed by atoms with Crippen molar-refractivity contribution in [1.82, 2.24) is 5.32 Å². The molecule has 0 aromatic rings. The Morgan fingerprint density at radius 3 is 1.94 bits per heavy atom. The van der Waals surface area contributed by atoms with Crippen LogP contribution in [0.4, 0.5) is 0 Å². The molecule has 2 aliphatic carbocycles. The summed E-state index contributed by atoms with van der Waals surface area (Å²) in [4.78, 5) is 0. The third-order valence-electron chi connectivity index (χ3n) is 5.56. The van der Waals surface area contributed by atoms with Gasteiger partial charge in [-0.15, -0.1) is 0 Å². The van der Waals surface area contributed by atoms with Gasteiger partial charge in [-0.25, -0.2) is 0 Å². The first-order valence-electron chi connectivity index (χ1n) is 8.23. The zero-order valence-electron chi connectivity index (χ0n) is 13.0. The van der Waals surface area contributed by atoms with E-state index >= 15 is 0 Å². The number of hydrogen-bond donors (Lipinski definition) is 1. The van der Waals surface area contributed by atoms with Gasteiger partial charge in [0.05, 0.1) is 0 Å². The average molecular weight is 251 g/mol. The second kappa shape index (κ2) is 5.94. The van der Waals surface area contributed by atoms with Crippen LogP contribution < -0.4 is 5.32 Å². The molecule has 2 aliphatic rings. The zero-order valence-corrected chi connectivity index (χ0v) is 13.0. The van der Waals surface area contributed by atoms with Crippen molar-refractivity contribution in [2.45, 2.75) is 91.1 Å². The molecular formula is C17H33N. The highest BCUT2D eigenvalue weighted by molar-refractivity contribution is 4.86. The lowest BCUT2D eigenvalue weighted by Gasteiger charge is -2.38. The summed E-state index contributed by atoms with van der Waals surface area (Å²) < 4.78 is 0. The minimum atomic E-state index is 0.516. The van der Waals surface area contributed by atoms with Crippen LogP contribution >= 0.6 is 0 Å². The SMILES string of the molecule is C[C@H](NC1CCC(C(C)(C)C)CC1)C1CCCC1. The van der Waals surface area contributed by atoms with Gasteiger partial charge in [0.15, 0.2) is 0 Å². The van der Waals surface area contributed by atoms with Crippen LogP contribution in [0.25, 0.3) is 0 Å². The van der Waals surface area contributed by atoms with Crippen LogP contribution in [0.5, 0.6) is 0 Å². The molecule has 0 spiro atoms. The summed E-state index contributed by atoms with van der Waals surface area (Å²) in [5.41, 5.74) is 0.516. The molecule has 0 aromatic carbocycles. The smallest absolute Gasteiger partial charge is 0.00698 e. The van der Waals surface area contributed by atoms with Gasteiger partial charge in [0.1, 0.15) is 0 Å². The summed E-state index contributed by atoms with van der Waals surface area (Å²) >= 11 is 0. The summed E-state index contributed by atoms with van der Waals surface area (Å²) in [5, 5.41) is 3.93. The van der Waals surface area contributed by atoms with Crippen molar-refractivity contribution in [1.29, 1.82) is 0 Å². The molecule has 1 heteroatoms. The molecular weight excluding hydrogens is 218 g/mol. The van der Waals surface area contributed by atoms with E-state index in [0.717, 1.165) is 23.9 Å². The number of nitrogens with one attached hydrogen (secondary N) is 1. The monoisotopic (exact) mass is 251 g/mol. The van der Waals surface area contributed by atoms with Crippen molar-refractivity contribution in [2.24, 2.45) is 17.3 Å². The van der Waals surface area contributed by atoms with Crippen LogP contribution in [-0.4, -0.2) is 12.1 Å². The van der Waals surface area contributed by atoms with Crippen molar-refractivity contribution < 1.29 is 0 Å². The molecule has 0 aromatic heterocycles. The summed E-state index contributed by atoms with van der Waals surface area (Å²) in [6.45, 7) is 9.65. The fraction of sp³-hybridized carbons (Fsp3) is 1.00. The fourth-order valence-corrected chi connectivity index (χ4v) is 4.09. The quantitative estimate of drug-likeness (QED) is 0.762. The highest BCUT2D eigenvalue weighted by atomic mass is 15.0. The molecule has 1 nitrogen and oxygen atoms in total. The lowest BCUT2D eigenvalue weighted by Crippen LogP contribution is -2.43. The van der Waals surface area contributed by atoms with E-state index in [2.05, 4.69) is 33.0 Å². The number of rotatable bonds is 3. The highest BCUT2D eigenvalue weighted by Crippen LogP contribution is 2.38. The molecule has 1 N–H and O–H groups in total. The lowest BCUT2D eigenvalue weighted by atomic mass is 9.71. The predicted octanol–water partition coefficient (Wildman–Crippen LogP) is 4.76. The van der Waals surface area contributed by atoms with E-state index in [4.69, 9.17) is 0 Å². The summed E-state index contributed by atoms with van der Waals surface area (Å²) in [5.74, 6) is 1.91. The van der Waals surface area contributed by atoms with Crippen LogP contribution in [0.3, 0.4) is 0 Å². The Labute approximate surface area is 114 Å². The van der Waals surface area contributed by atoms with Gasteiger partial charge in [-0.1, -0.05) is 33.6 Å². The Kier molecular flexibility index (Phi) is 4.75. The van der Waals surface area contributed by atoms with Gasteiger partial charge in [-0.05, 0) is 62.7 Å². The predicted molar refractivity (Wildman–Crippen MR) is 79.8 cm³/mol. The molecule has 0 saturated heterocycles. The van der Waals surface area contributed by atoms with Crippen molar-refractivity contribution in [3.8, 4) is 0 Å². The highest BCUT2D eigenvalue weighted by Gasteiger charge is 2.31. The Bertz CT molecular complexity index is 239. The first-order valence-corrected chi connectivity index (χ1v) is 8.23. The van der Waals surface area contributed by atoms with Crippen molar-refractivity contribution in [2.75, 3.05) is 0 Å². The van der Waals surface area contributed by atoms with E-state index in [9.17, 15) is 0 Å². The molecule has 0 radical (unpaired) electrons. The molecule has 2 fully saturated rings. The van der Waals surface area contributed by atoms with Crippen molar-refractivity contribution >= 4 is 0 Å². The van der Waals surface area contributed by atoms with Gasteiger partial charge in [0.2, 0.25) is 0 Å². The largest absolute Gasteiger partial charge is 0.311 e. The van der Waals surface area contributed by atoms with Crippen LogP contribution in [0.15, 0.2) is 0 Å². The maximum Gasteiger partial charge on any atom is 0.00698 e. The first kappa shape index (κ1) is 14.4. The second-order valence-electron chi connectivity index (χ2n) is 7.91. The molecule has 2 saturated carbocycles. The first-order chi connectivity index (χ1) is 8.47. The summed E-state index contributed by atoms with van der Waals surface area (Å²) in [6, 6.07) is 1.56. The molecule has 0 bridgehead atoms. The Morgan fingerprint density at radius 2 is 1.44 bits per heavy atom. The van der Waals surface area contributed by atoms with E-state index in [-0.39, 0.29) is 0 Å². The van der Waals surface area contributed by atoms with E-state index in [0.29, 0.717) is 5.41 Å². The van der Waals surface area contributed by atoms with Crippen LogP contribution in [0.1, 0.15) is 79.1 Å². The van der Waals surface area contributed by atoms with Crippen LogP contribution in [0.2, 0.25) is 0 Å². The van der Waals surface area contributed by atoms with Gasteiger partial charge in [-0.3, -0.25) is 0 Å². The molecule has 0 unspecified atom stereocenters. The standard InChI is InChI=1S/C17H33N/c1-13(14-7-5-6-8-14)18-16-11-9-15(10-12-16)17(2,3)4/h13-16,18H,5-12H2,1-4H3/t13-,15?,16?/m0/s1. The molecule has 18 heavy (non-hydrogen) atoms. The topological polar surface area (TPSA) is 12.0 Å². The van der Waals surface area contributed by atoms with Crippen molar-refractivity contribution in [3.05, 3.63) is 0 Å². The average Bonchev–Trinajstić information content (AvgIpc) is 2.82. The zero-order chi connectivity index (χ0) is 13.2. The molecule has 0 heterocycles. The van der Waals surface area contributed by atoms with Crippen molar-refractivity contribution in [3.63, 3.8) is 0 Å². The van der Waals surface area contributed by atoms with Gasteiger partial charge >= 0.3 is 0 Å². The molecule has 0 amide bonds. The number of hydrogen-bond acceptors (Lipinski definition) is 1. The van der Waals surface area contributed by atoms with Crippen LogP contribution in [-0.2, 0) is 0 Å². The third-order valence-corrected chi connectivity index (χ3v) is 5.56. The molecule has 106 valence electrons. The van der Waals surface area contributed by atoms with Gasteiger partial charge in [-0.2, -0.15) is 0 Å². The second-order valence-corrected chi connectivity index (χ2v) is 7.91.